The summed E-state index contributed by atoms with van der Waals surface area (Å²) in [6.07, 6.45) is 0. The highest BCUT2D eigenvalue weighted by Gasteiger charge is 2.13. The Morgan fingerprint density at radius 3 is 2.38 bits per heavy atom. The van der Waals surface area contributed by atoms with Crippen molar-refractivity contribution in [3.63, 3.8) is 0 Å². The van der Waals surface area contributed by atoms with Crippen LogP contribution in [0.1, 0.15) is 12.5 Å². The Morgan fingerprint density at radius 1 is 1.10 bits per heavy atom. The Kier molecular flexibility index (Phi) is 4.82. The highest BCUT2D eigenvalue weighted by Crippen LogP contribution is 2.17. The van der Waals surface area contributed by atoms with Crippen LogP contribution in [0.15, 0.2) is 48.5 Å². The number of amides is 1. The standard InChI is InChI=1S/C17H20N2O2/c1-12-6-4-5-7-16(12)18-13(2)17(20)19-14-8-10-15(21-3)11-9-14/h4-11,13,18H,1-3H3,(H,19,20)/t13-/m1/s1. The monoisotopic (exact) mass is 284 g/mol. The number of aryl methyl sites for hydroxylation is 1. The lowest BCUT2D eigenvalue weighted by Crippen LogP contribution is -2.32. The molecule has 2 aromatic rings. The minimum absolute atomic E-state index is 0.0802. The largest absolute Gasteiger partial charge is 0.497 e. The number of carbonyl (C=O) groups excluding carboxylic acids is 1. The molecule has 21 heavy (non-hydrogen) atoms. The van der Waals surface area contributed by atoms with Crippen molar-refractivity contribution in [1.29, 1.82) is 0 Å². The molecule has 1 amide bonds. The minimum Gasteiger partial charge on any atom is -0.497 e. The van der Waals surface area contributed by atoms with Crippen molar-refractivity contribution in [2.75, 3.05) is 17.7 Å². The molecule has 2 aromatic carbocycles. The average Bonchev–Trinajstić information content (AvgIpc) is 2.50. The second-order valence-corrected chi connectivity index (χ2v) is 4.90. The lowest BCUT2D eigenvalue weighted by Gasteiger charge is -2.17. The van der Waals surface area contributed by atoms with Gasteiger partial charge in [-0.3, -0.25) is 4.79 Å². The van der Waals surface area contributed by atoms with Gasteiger partial charge in [0.15, 0.2) is 0 Å². The third-order valence-corrected chi connectivity index (χ3v) is 3.27. The molecule has 0 spiro atoms. The lowest BCUT2D eigenvalue weighted by atomic mass is 10.2. The Hall–Kier alpha value is -2.49. The number of benzene rings is 2. The fraction of sp³-hybridized carbons (Fsp3) is 0.235. The first-order valence-corrected chi connectivity index (χ1v) is 6.87. The maximum atomic E-state index is 12.2. The number of hydrogen-bond donors (Lipinski definition) is 2. The lowest BCUT2D eigenvalue weighted by molar-refractivity contribution is -0.116. The maximum Gasteiger partial charge on any atom is 0.246 e. The summed E-state index contributed by atoms with van der Waals surface area (Å²) < 4.78 is 5.09. The second kappa shape index (κ2) is 6.79. The molecule has 2 rings (SSSR count). The van der Waals surface area contributed by atoms with Crippen molar-refractivity contribution in [1.82, 2.24) is 0 Å². The fourth-order valence-corrected chi connectivity index (χ4v) is 1.96. The zero-order valence-corrected chi connectivity index (χ0v) is 12.5. The van der Waals surface area contributed by atoms with Crippen molar-refractivity contribution in [3.8, 4) is 5.75 Å². The number of carbonyl (C=O) groups is 1. The van der Waals surface area contributed by atoms with Crippen molar-refractivity contribution < 1.29 is 9.53 Å². The van der Waals surface area contributed by atoms with Gasteiger partial charge in [-0.05, 0) is 49.7 Å². The van der Waals surface area contributed by atoms with Crippen LogP contribution >= 0.6 is 0 Å². The second-order valence-electron chi connectivity index (χ2n) is 4.90. The van der Waals surface area contributed by atoms with Crippen LogP contribution in [0.3, 0.4) is 0 Å². The Morgan fingerprint density at radius 2 is 1.76 bits per heavy atom. The number of ether oxygens (including phenoxy) is 1. The Bertz CT molecular complexity index is 608. The molecule has 0 unspecified atom stereocenters. The van der Waals surface area contributed by atoms with E-state index in [1.54, 1.807) is 7.11 Å². The Balaban J connectivity index is 1.97. The SMILES string of the molecule is COc1ccc(NC(=O)[C@@H](C)Nc2ccccc2C)cc1. The molecule has 110 valence electrons. The first-order valence-electron chi connectivity index (χ1n) is 6.87. The van der Waals surface area contributed by atoms with E-state index in [1.807, 2.05) is 62.4 Å². The van der Waals surface area contributed by atoms with Crippen LogP contribution in [0.25, 0.3) is 0 Å². The van der Waals surface area contributed by atoms with E-state index in [-0.39, 0.29) is 11.9 Å². The average molecular weight is 284 g/mol. The molecule has 4 nitrogen and oxygen atoms in total. The first-order chi connectivity index (χ1) is 10.1. The van der Waals surface area contributed by atoms with E-state index in [9.17, 15) is 4.79 Å². The molecule has 0 heterocycles. The van der Waals surface area contributed by atoms with Gasteiger partial charge in [-0.1, -0.05) is 18.2 Å². The van der Waals surface area contributed by atoms with Crippen LogP contribution in [0.4, 0.5) is 11.4 Å². The number of methoxy groups -OCH3 is 1. The predicted octanol–water partition coefficient (Wildman–Crippen LogP) is 3.44. The van der Waals surface area contributed by atoms with Crippen LogP contribution in [-0.4, -0.2) is 19.1 Å². The molecule has 0 bridgehead atoms. The van der Waals surface area contributed by atoms with E-state index >= 15 is 0 Å². The number of nitrogens with one attached hydrogen (secondary N) is 2. The summed E-state index contributed by atoms with van der Waals surface area (Å²) in [7, 11) is 1.61. The highest BCUT2D eigenvalue weighted by molar-refractivity contribution is 5.96. The van der Waals surface area contributed by atoms with Crippen molar-refractivity contribution in [2.45, 2.75) is 19.9 Å². The maximum absolute atomic E-state index is 12.2. The van der Waals surface area contributed by atoms with Gasteiger partial charge in [-0.25, -0.2) is 0 Å². The number of rotatable bonds is 5. The molecule has 4 heteroatoms. The molecule has 0 radical (unpaired) electrons. The van der Waals surface area contributed by atoms with Gasteiger partial charge < -0.3 is 15.4 Å². The van der Waals surface area contributed by atoms with Crippen LogP contribution in [0.2, 0.25) is 0 Å². The molecule has 0 fully saturated rings. The molecule has 0 aliphatic carbocycles. The summed E-state index contributed by atoms with van der Waals surface area (Å²) >= 11 is 0. The summed E-state index contributed by atoms with van der Waals surface area (Å²) in [6, 6.07) is 14.8. The van der Waals surface area contributed by atoms with Gasteiger partial charge in [0, 0.05) is 11.4 Å². The minimum atomic E-state index is -0.326. The fourth-order valence-electron chi connectivity index (χ4n) is 1.96. The van der Waals surface area contributed by atoms with Crippen molar-refractivity contribution in [2.24, 2.45) is 0 Å². The molecule has 0 aromatic heterocycles. The Labute approximate surface area is 125 Å². The van der Waals surface area contributed by atoms with E-state index in [1.165, 1.54) is 0 Å². The highest BCUT2D eigenvalue weighted by atomic mass is 16.5. The zero-order valence-electron chi connectivity index (χ0n) is 12.5. The third kappa shape index (κ3) is 3.99. The summed E-state index contributed by atoms with van der Waals surface area (Å²) in [5.74, 6) is 0.683. The first kappa shape index (κ1) is 14.9. The van der Waals surface area contributed by atoms with Crippen LogP contribution in [0.5, 0.6) is 5.75 Å². The van der Waals surface area contributed by atoms with Crippen molar-refractivity contribution in [3.05, 3.63) is 54.1 Å². The molecule has 2 N–H and O–H groups in total. The van der Waals surface area contributed by atoms with Crippen molar-refractivity contribution >= 4 is 17.3 Å². The molecule has 0 aliphatic heterocycles. The van der Waals surface area contributed by atoms with Gasteiger partial charge in [0.05, 0.1) is 7.11 Å². The number of anilines is 2. The third-order valence-electron chi connectivity index (χ3n) is 3.27. The summed E-state index contributed by atoms with van der Waals surface area (Å²) in [5, 5.41) is 6.09. The molecule has 1 atom stereocenters. The van der Waals surface area contributed by atoms with E-state index in [2.05, 4.69) is 10.6 Å². The van der Waals surface area contributed by atoms with E-state index in [0.717, 1.165) is 22.7 Å². The summed E-state index contributed by atoms with van der Waals surface area (Å²) in [4.78, 5) is 12.2. The van der Waals surface area contributed by atoms with Gasteiger partial charge >= 0.3 is 0 Å². The van der Waals surface area contributed by atoms with Gasteiger partial charge in [0.25, 0.3) is 0 Å². The number of para-hydroxylation sites is 1. The van der Waals surface area contributed by atoms with Gasteiger partial charge in [0.2, 0.25) is 5.91 Å². The predicted molar refractivity (Wildman–Crippen MR) is 85.9 cm³/mol. The van der Waals surface area contributed by atoms with E-state index in [0.29, 0.717) is 0 Å². The molecular formula is C17H20N2O2. The molecule has 0 aliphatic rings. The normalized spacial score (nSPS) is 11.6. The molecule has 0 saturated heterocycles. The molecule has 0 saturated carbocycles. The van der Waals surface area contributed by atoms with E-state index < -0.39 is 0 Å². The number of hydrogen-bond acceptors (Lipinski definition) is 3. The quantitative estimate of drug-likeness (QED) is 0.884. The van der Waals surface area contributed by atoms with Crippen LogP contribution < -0.4 is 15.4 Å². The van der Waals surface area contributed by atoms with Gasteiger partial charge in [0.1, 0.15) is 11.8 Å². The molecular weight excluding hydrogens is 264 g/mol. The summed E-state index contributed by atoms with van der Waals surface area (Å²) in [5.41, 5.74) is 2.83. The van der Waals surface area contributed by atoms with Gasteiger partial charge in [-0.2, -0.15) is 0 Å². The van der Waals surface area contributed by atoms with Gasteiger partial charge in [-0.15, -0.1) is 0 Å². The van der Waals surface area contributed by atoms with E-state index in [4.69, 9.17) is 4.74 Å². The topological polar surface area (TPSA) is 50.4 Å². The summed E-state index contributed by atoms with van der Waals surface area (Å²) in [6.45, 7) is 3.85. The van der Waals surface area contributed by atoms with Crippen LogP contribution in [-0.2, 0) is 4.79 Å². The smallest absolute Gasteiger partial charge is 0.246 e. The van der Waals surface area contributed by atoms with Crippen LogP contribution in [0, 0.1) is 6.92 Å². The zero-order chi connectivity index (χ0) is 15.2.